The molecule has 1 saturated carbocycles. The van der Waals surface area contributed by atoms with Crippen molar-refractivity contribution in [2.45, 2.75) is 44.2 Å². The van der Waals surface area contributed by atoms with E-state index in [0.717, 1.165) is 18.8 Å². The Kier molecular flexibility index (Phi) is 3.54. The van der Waals surface area contributed by atoms with Crippen molar-refractivity contribution in [3.63, 3.8) is 0 Å². The van der Waals surface area contributed by atoms with Gasteiger partial charge < -0.3 is 5.73 Å². The van der Waals surface area contributed by atoms with Crippen molar-refractivity contribution in [2.75, 3.05) is 25.1 Å². The Morgan fingerprint density at radius 2 is 2.00 bits per heavy atom. The third kappa shape index (κ3) is 3.01. The Morgan fingerprint density at radius 3 is 2.41 bits per heavy atom. The van der Waals surface area contributed by atoms with Crippen LogP contribution >= 0.6 is 0 Å². The number of hydrogen-bond donors (Lipinski definition) is 1. The summed E-state index contributed by atoms with van der Waals surface area (Å²) >= 11 is 0. The summed E-state index contributed by atoms with van der Waals surface area (Å²) in [5.41, 5.74) is 5.89. The SMILES string of the molecule is CN(C1CCS(=O)(=O)C1)C(C)(CN)CC1CC1. The molecule has 1 aliphatic carbocycles. The monoisotopic (exact) mass is 260 g/mol. The maximum Gasteiger partial charge on any atom is 0.151 e. The zero-order valence-electron chi connectivity index (χ0n) is 10.9. The summed E-state index contributed by atoms with van der Waals surface area (Å²) in [7, 11) is -0.762. The van der Waals surface area contributed by atoms with Crippen LogP contribution in [0.3, 0.4) is 0 Å². The molecule has 0 aromatic heterocycles. The summed E-state index contributed by atoms with van der Waals surface area (Å²) in [6.45, 7) is 2.78. The van der Waals surface area contributed by atoms with Crippen molar-refractivity contribution >= 4 is 9.84 Å². The first-order chi connectivity index (χ1) is 7.86. The van der Waals surface area contributed by atoms with Crippen LogP contribution in [-0.2, 0) is 9.84 Å². The van der Waals surface area contributed by atoms with Gasteiger partial charge in [0.2, 0.25) is 0 Å². The Balaban J connectivity index is 2.03. The molecule has 1 heterocycles. The molecule has 17 heavy (non-hydrogen) atoms. The minimum absolute atomic E-state index is 0.0360. The molecule has 0 radical (unpaired) electrons. The van der Waals surface area contributed by atoms with E-state index >= 15 is 0 Å². The molecule has 2 N–H and O–H groups in total. The fourth-order valence-electron chi connectivity index (χ4n) is 2.84. The maximum absolute atomic E-state index is 11.5. The van der Waals surface area contributed by atoms with Gasteiger partial charge in [0.05, 0.1) is 11.5 Å². The minimum Gasteiger partial charge on any atom is -0.329 e. The van der Waals surface area contributed by atoms with Gasteiger partial charge in [0.25, 0.3) is 0 Å². The van der Waals surface area contributed by atoms with Crippen molar-refractivity contribution in [1.82, 2.24) is 4.90 Å². The van der Waals surface area contributed by atoms with Crippen molar-refractivity contribution < 1.29 is 8.42 Å². The second-order valence-corrected chi connectivity index (χ2v) is 8.25. The molecule has 2 rings (SSSR count). The topological polar surface area (TPSA) is 63.4 Å². The van der Waals surface area contributed by atoms with Crippen molar-refractivity contribution in [3.05, 3.63) is 0 Å². The normalized spacial score (nSPS) is 31.6. The van der Waals surface area contributed by atoms with Gasteiger partial charge >= 0.3 is 0 Å². The summed E-state index contributed by atoms with van der Waals surface area (Å²) < 4.78 is 23.1. The van der Waals surface area contributed by atoms with Crippen LogP contribution in [0.2, 0.25) is 0 Å². The quantitative estimate of drug-likeness (QED) is 0.787. The average molecular weight is 260 g/mol. The Morgan fingerprint density at radius 1 is 1.35 bits per heavy atom. The molecule has 0 aromatic carbocycles. The summed E-state index contributed by atoms with van der Waals surface area (Å²) in [6.07, 6.45) is 4.49. The van der Waals surface area contributed by atoms with Gasteiger partial charge in [0, 0.05) is 18.1 Å². The molecule has 2 atom stereocenters. The molecule has 0 amide bonds. The standard InChI is InChI=1S/C12H24N2O2S/c1-12(9-13,7-10-3-4-10)14(2)11-5-6-17(15,16)8-11/h10-11H,3-9,13H2,1-2H3. The van der Waals surface area contributed by atoms with Crippen LogP contribution < -0.4 is 5.73 Å². The molecule has 0 spiro atoms. The number of likely N-dealkylation sites (N-methyl/N-ethyl adjacent to an activating group) is 1. The van der Waals surface area contributed by atoms with Crippen LogP contribution in [0.15, 0.2) is 0 Å². The van der Waals surface area contributed by atoms with Crippen LogP contribution in [-0.4, -0.2) is 50.0 Å². The first kappa shape index (κ1) is 13.3. The van der Waals surface area contributed by atoms with E-state index in [-0.39, 0.29) is 11.6 Å². The van der Waals surface area contributed by atoms with Gasteiger partial charge in [0.1, 0.15) is 0 Å². The van der Waals surface area contributed by atoms with E-state index in [0.29, 0.717) is 18.1 Å². The highest BCUT2D eigenvalue weighted by molar-refractivity contribution is 7.91. The number of nitrogens with zero attached hydrogens (tertiary/aromatic N) is 1. The molecule has 2 aliphatic rings. The molecule has 0 aromatic rings. The van der Waals surface area contributed by atoms with Crippen LogP contribution in [0.1, 0.15) is 32.6 Å². The maximum atomic E-state index is 11.5. The Hall–Kier alpha value is -0.130. The predicted molar refractivity (Wildman–Crippen MR) is 69.6 cm³/mol. The van der Waals surface area contributed by atoms with Crippen molar-refractivity contribution in [3.8, 4) is 0 Å². The second-order valence-electron chi connectivity index (χ2n) is 6.02. The third-order valence-corrected chi connectivity index (χ3v) is 6.22. The fraction of sp³-hybridized carbons (Fsp3) is 1.00. The lowest BCUT2D eigenvalue weighted by Gasteiger charge is -2.41. The molecule has 100 valence electrons. The summed E-state index contributed by atoms with van der Waals surface area (Å²) in [4.78, 5) is 2.23. The molecule has 5 heteroatoms. The highest BCUT2D eigenvalue weighted by Gasteiger charge is 2.41. The molecular weight excluding hydrogens is 236 g/mol. The Bertz CT molecular complexity index is 378. The van der Waals surface area contributed by atoms with Crippen molar-refractivity contribution in [2.24, 2.45) is 11.7 Å². The van der Waals surface area contributed by atoms with E-state index in [2.05, 4.69) is 11.8 Å². The van der Waals surface area contributed by atoms with Crippen LogP contribution in [0.5, 0.6) is 0 Å². The molecule has 0 bridgehead atoms. The van der Waals surface area contributed by atoms with Gasteiger partial charge in [-0.25, -0.2) is 8.42 Å². The first-order valence-corrected chi connectivity index (χ1v) is 8.32. The van der Waals surface area contributed by atoms with Crippen LogP contribution in [0, 0.1) is 5.92 Å². The lowest BCUT2D eigenvalue weighted by Crippen LogP contribution is -2.54. The summed E-state index contributed by atoms with van der Waals surface area (Å²) in [5.74, 6) is 1.46. The number of hydrogen-bond acceptors (Lipinski definition) is 4. The van der Waals surface area contributed by atoms with E-state index in [1.165, 1.54) is 12.8 Å². The number of sulfone groups is 1. The van der Waals surface area contributed by atoms with Gasteiger partial charge in [-0.1, -0.05) is 12.8 Å². The average Bonchev–Trinajstić information content (AvgIpc) is 2.99. The summed E-state index contributed by atoms with van der Waals surface area (Å²) in [6, 6.07) is 0.160. The number of nitrogens with two attached hydrogens (primary N) is 1. The molecular formula is C12H24N2O2S. The van der Waals surface area contributed by atoms with E-state index in [1.807, 2.05) is 7.05 Å². The van der Waals surface area contributed by atoms with Gasteiger partial charge in [-0.05, 0) is 32.7 Å². The summed E-state index contributed by atoms with van der Waals surface area (Å²) in [5, 5.41) is 0. The molecule has 2 fully saturated rings. The molecule has 1 aliphatic heterocycles. The lowest BCUT2D eigenvalue weighted by atomic mass is 9.91. The second kappa shape index (κ2) is 4.52. The van der Waals surface area contributed by atoms with Gasteiger partial charge in [-0.15, -0.1) is 0 Å². The largest absolute Gasteiger partial charge is 0.329 e. The zero-order chi connectivity index (χ0) is 12.7. The highest BCUT2D eigenvalue weighted by Crippen LogP contribution is 2.39. The van der Waals surface area contributed by atoms with E-state index in [1.54, 1.807) is 0 Å². The highest BCUT2D eigenvalue weighted by atomic mass is 32.2. The number of rotatable bonds is 5. The van der Waals surface area contributed by atoms with Gasteiger partial charge in [0.15, 0.2) is 9.84 Å². The van der Waals surface area contributed by atoms with Crippen LogP contribution in [0.25, 0.3) is 0 Å². The molecule has 1 saturated heterocycles. The fourth-order valence-corrected chi connectivity index (χ4v) is 4.61. The first-order valence-electron chi connectivity index (χ1n) is 6.50. The predicted octanol–water partition coefficient (Wildman–Crippen LogP) is 0.623. The smallest absolute Gasteiger partial charge is 0.151 e. The Labute approximate surface area is 104 Å². The van der Waals surface area contributed by atoms with E-state index < -0.39 is 9.84 Å². The van der Waals surface area contributed by atoms with Gasteiger partial charge in [-0.3, -0.25) is 4.90 Å². The van der Waals surface area contributed by atoms with Crippen LogP contribution in [0.4, 0.5) is 0 Å². The molecule has 2 unspecified atom stereocenters. The van der Waals surface area contributed by atoms with E-state index in [9.17, 15) is 8.42 Å². The van der Waals surface area contributed by atoms with Crippen molar-refractivity contribution in [1.29, 1.82) is 0 Å². The van der Waals surface area contributed by atoms with Gasteiger partial charge in [-0.2, -0.15) is 0 Å². The van der Waals surface area contributed by atoms with E-state index in [4.69, 9.17) is 5.73 Å². The minimum atomic E-state index is -2.80. The lowest BCUT2D eigenvalue weighted by molar-refractivity contribution is 0.0895. The zero-order valence-corrected chi connectivity index (χ0v) is 11.7. The molecule has 4 nitrogen and oxygen atoms in total. The third-order valence-electron chi connectivity index (χ3n) is 4.47.